The second kappa shape index (κ2) is 57.7. The van der Waals surface area contributed by atoms with Crippen LogP contribution in [0.5, 0.6) is 0 Å². The lowest BCUT2D eigenvalue weighted by atomic mass is 9.95. The van der Waals surface area contributed by atoms with E-state index < -0.39 is 280 Å². The van der Waals surface area contributed by atoms with Crippen LogP contribution in [-0.2, 0) is 71.1 Å². The largest absolute Gasteiger partial charge is 0.394 e. The van der Waals surface area contributed by atoms with Gasteiger partial charge in [0.05, 0.1) is 65.0 Å². The van der Waals surface area contributed by atoms with Crippen LogP contribution in [0.2, 0.25) is 0 Å². The van der Waals surface area contributed by atoms with Gasteiger partial charge in [-0.3, -0.25) is 4.79 Å². The van der Waals surface area contributed by atoms with Gasteiger partial charge in [-0.05, 0) is 44.9 Å². The number of rotatable bonds is 58. The number of unbranched alkanes of at least 4 members (excludes halogenated alkanes) is 28. The quantitative estimate of drug-likeness (QED) is 0.0216. The van der Waals surface area contributed by atoms with E-state index in [1.165, 1.54) is 128 Å². The van der Waals surface area contributed by atoms with Crippen molar-refractivity contribution in [1.82, 2.24) is 5.32 Å². The first kappa shape index (κ1) is 108. The Morgan fingerprint density at radius 2 is 0.537 bits per heavy atom. The highest BCUT2D eigenvalue weighted by Gasteiger charge is 2.59. The van der Waals surface area contributed by atoms with Gasteiger partial charge in [0.15, 0.2) is 44.0 Å². The zero-order valence-electron chi connectivity index (χ0n) is 71.4. The lowest BCUT2D eigenvalue weighted by molar-refractivity contribution is -0.400. The first-order valence-electron chi connectivity index (χ1n) is 45.2. The molecule has 7 rings (SSSR count). The molecule has 7 saturated heterocycles. The molecular formula is C84H151NO38. The number of allylic oxidation sites excluding steroid dienone is 3. The zero-order valence-corrected chi connectivity index (χ0v) is 71.4. The van der Waals surface area contributed by atoms with Crippen molar-refractivity contribution in [2.75, 3.05) is 52.9 Å². The van der Waals surface area contributed by atoms with Crippen LogP contribution < -0.4 is 5.32 Å². The minimum Gasteiger partial charge on any atom is -0.394 e. The van der Waals surface area contributed by atoms with Gasteiger partial charge in [0, 0.05) is 6.42 Å². The van der Waals surface area contributed by atoms with E-state index in [9.17, 15) is 122 Å². The fourth-order valence-corrected chi connectivity index (χ4v) is 16.5. The molecule has 0 saturated carbocycles. The molecule has 7 aliphatic heterocycles. The summed E-state index contributed by atoms with van der Waals surface area (Å²) in [5.41, 5.74) is 0. The second-order valence-corrected chi connectivity index (χ2v) is 33.7. The van der Waals surface area contributed by atoms with E-state index in [0.717, 1.165) is 57.8 Å². The molecule has 0 spiro atoms. The Kier molecular flexibility index (Phi) is 50.4. The molecule has 1 amide bonds. The van der Waals surface area contributed by atoms with Crippen molar-refractivity contribution in [3.8, 4) is 0 Å². The van der Waals surface area contributed by atoms with Gasteiger partial charge in [-0.15, -0.1) is 0 Å². The van der Waals surface area contributed by atoms with Gasteiger partial charge in [0.1, 0.15) is 171 Å². The summed E-state index contributed by atoms with van der Waals surface area (Å²) >= 11 is 0. The maximum atomic E-state index is 13.6. The maximum Gasteiger partial charge on any atom is 0.220 e. The van der Waals surface area contributed by atoms with Crippen LogP contribution in [-0.4, -0.2) is 403 Å². The van der Waals surface area contributed by atoms with E-state index in [0.29, 0.717) is 12.8 Å². The number of carbonyl (C=O) groups is 1. The molecule has 0 radical (unpaired) electrons. The lowest BCUT2D eigenvalue weighted by Crippen LogP contribution is -2.68. The Bertz CT molecular complexity index is 2830. The molecule has 0 aromatic carbocycles. The molecule has 0 aromatic rings. The SMILES string of the molecule is CCCCCCCC/C=C\CCCCCCCCCCCCCC(=O)N[C@@H](CO[C@@H]1OC(CO)[C@@H](O[C@@H]2OC(CO)[C@H](O[C@@H]3OC(CO)[C@H](O)[C@H](O[C@H]4OC(CO)[C@H](O)[C@H](O[C@H]5OC(CO)[C@H](O)[C@H](O[C@H]6OC(CO)[C@H](O)[C@H](O[C@H]7OC(CO)[C@H](O)[C@H](O)C7O)C6O)C5O)C4O)C3O)[C@H](O)C2O)[C@H](O)C1O)[C@H](O)/C=C/CCCCCCCCCCCCC. The fraction of sp³-hybridized carbons (Fsp3) is 0.940. The van der Waals surface area contributed by atoms with Crippen LogP contribution >= 0.6 is 0 Å². The summed E-state index contributed by atoms with van der Waals surface area (Å²) in [4.78, 5) is 13.6. The molecule has 14 unspecified atom stereocenters. The first-order valence-corrected chi connectivity index (χ1v) is 45.2. The summed E-state index contributed by atoms with van der Waals surface area (Å²) in [6.07, 6.45) is -27.8. The minimum absolute atomic E-state index is 0.170. The molecule has 7 aliphatic rings. The molecule has 720 valence electrons. The number of carbonyl (C=O) groups excluding carboxylic acids is 1. The summed E-state index contributed by atoms with van der Waals surface area (Å²) < 4.78 is 80.7. The van der Waals surface area contributed by atoms with E-state index in [1.807, 2.05) is 6.08 Å². The Balaban J connectivity index is 0.924. The third kappa shape index (κ3) is 32.1. The Labute approximate surface area is 720 Å². The Hall–Kier alpha value is -2.53. The average Bonchev–Trinajstić information content (AvgIpc) is 0.773. The molecule has 7 heterocycles. The lowest BCUT2D eigenvalue weighted by Gasteiger charge is -2.50. The average molecular weight is 1780 g/mol. The Morgan fingerprint density at radius 3 is 0.862 bits per heavy atom. The van der Waals surface area contributed by atoms with E-state index in [2.05, 4.69) is 31.3 Å². The molecule has 39 heteroatoms. The second-order valence-electron chi connectivity index (χ2n) is 33.7. The van der Waals surface area contributed by atoms with Gasteiger partial charge < -0.3 is 189 Å². The Morgan fingerprint density at radius 1 is 0.285 bits per heavy atom. The molecule has 39 nitrogen and oxygen atoms in total. The van der Waals surface area contributed by atoms with Crippen LogP contribution in [0.25, 0.3) is 0 Å². The molecule has 37 atom stereocenters. The van der Waals surface area contributed by atoms with Crippen molar-refractivity contribution in [3.63, 3.8) is 0 Å². The zero-order chi connectivity index (χ0) is 89.7. The fourth-order valence-electron chi connectivity index (χ4n) is 16.5. The molecule has 0 bridgehead atoms. The molecule has 0 aromatic heterocycles. The number of hydrogen-bond donors (Lipinski definition) is 24. The van der Waals surface area contributed by atoms with Gasteiger partial charge in [-0.25, -0.2) is 0 Å². The van der Waals surface area contributed by atoms with Gasteiger partial charge in [-0.1, -0.05) is 192 Å². The van der Waals surface area contributed by atoms with Gasteiger partial charge >= 0.3 is 0 Å². The summed E-state index contributed by atoms with van der Waals surface area (Å²) in [6, 6.07) is -1.07. The van der Waals surface area contributed by atoms with Crippen molar-refractivity contribution in [2.45, 2.75) is 446 Å². The van der Waals surface area contributed by atoms with Crippen molar-refractivity contribution in [1.29, 1.82) is 0 Å². The number of amides is 1. The monoisotopic (exact) mass is 1780 g/mol. The number of hydrogen-bond acceptors (Lipinski definition) is 38. The molecular weight excluding hydrogens is 1630 g/mol. The van der Waals surface area contributed by atoms with E-state index in [4.69, 9.17) is 66.3 Å². The van der Waals surface area contributed by atoms with Crippen molar-refractivity contribution in [2.24, 2.45) is 0 Å². The van der Waals surface area contributed by atoms with Crippen LogP contribution in [0.15, 0.2) is 24.3 Å². The highest BCUT2D eigenvalue weighted by atomic mass is 16.8. The number of aliphatic hydroxyl groups excluding tert-OH is 23. The molecule has 7 fully saturated rings. The van der Waals surface area contributed by atoms with E-state index >= 15 is 0 Å². The van der Waals surface area contributed by atoms with Crippen LogP contribution in [0, 0.1) is 0 Å². The predicted molar refractivity (Wildman–Crippen MR) is 431 cm³/mol. The predicted octanol–water partition coefficient (Wildman–Crippen LogP) is -2.77. The highest BCUT2D eigenvalue weighted by molar-refractivity contribution is 5.76. The van der Waals surface area contributed by atoms with Crippen molar-refractivity contribution in [3.05, 3.63) is 24.3 Å². The smallest absolute Gasteiger partial charge is 0.220 e. The number of ether oxygens (including phenoxy) is 14. The maximum absolute atomic E-state index is 13.6. The third-order valence-electron chi connectivity index (χ3n) is 24.2. The van der Waals surface area contributed by atoms with Crippen molar-refractivity contribution >= 4 is 5.91 Å². The van der Waals surface area contributed by atoms with E-state index in [-0.39, 0.29) is 12.3 Å². The molecule has 24 N–H and O–H groups in total. The summed E-state index contributed by atoms with van der Waals surface area (Å²) in [7, 11) is 0. The van der Waals surface area contributed by atoms with Crippen LogP contribution in [0.1, 0.15) is 219 Å². The third-order valence-corrected chi connectivity index (χ3v) is 24.2. The first-order chi connectivity index (χ1) is 59.3. The van der Waals surface area contributed by atoms with Gasteiger partial charge in [0.2, 0.25) is 5.91 Å². The van der Waals surface area contributed by atoms with Crippen molar-refractivity contribution < 1.29 is 189 Å². The molecule has 0 aliphatic carbocycles. The van der Waals surface area contributed by atoms with Crippen LogP contribution in [0.3, 0.4) is 0 Å². The summed E-state index contributed by atoms with van der Waals surface area (Å²) in [5, 5.41) is 258. The number of nitrogens with one attached hydrogen (secondary N) is 1. The van der Waals surface area contributed by atoms with E-state index in [1.54, 1.807) is 6.08 Å². The van der Waals surface area contributed by atoms with Gasteiger partial charge in [-0.2, -0.15) is 0 Å². The van der Waals surface area contributed by atoms with Crippen LogP contribution in [0.4, 0.5) is 0 Å². The standard InChI is InChI=1S/C84H151NO38/c1-3-5-7-9-11-13-15-17-18-19-20-21-22-23-24-26-28-30-32-34-36-38-56(94)85-47(48(93)37-35-33-31-29-27-25-16-14-12-10-8-6-4-2)46-110-78-66(104)63(101)72(54(44-91)116-78)118-80-67(105)64(102)73(55(45-92)117-80)119-81-68(106)75(59(97)50(40-87)112-81)121-83-70(108)77(61(99)52(42-89)114-83)123-84-71(109)76(60(98)53(43-90)115-84)122-82-69(107)74(58(96)51(41-88)113-82)120-79-65(103)62(100)57(95)49(39-86)111-79/h17-18,35,37,47-55,57-84,86-93,95-109H,3-16,19-34,36,38-46H2,1-2H3,(H,85,94)/b18-17-,37-35+/t47-,48+,49?,50?,51?,52?,53?,54?,55?,57-,58-,59-,60-,61-,62-,63+,64+,65?,66?,67?,68?,69?,70?,71?,72+,73-,74-,75-,76-,77-,78+,79+,80-,81-,82+,83+,84+/m0/s1. The highest BCUT2D eigenvalue weighted by Crippen LogP contribution is 2.39. The van der Waals surface area contributed by atoms with Gasteiger partial charge in [0.25, 0.3) is 0 Å². The normalized spacial score (nSPS) is 38.9. The summed E-state index contributed by atoms with van der Waals surface area (Å²) in [5.74, 6) is -0.346. The molecule has 123 heavy (non-hydrogen) atoms. The summed E-state index contributed by atoms with van der Waals surface area (Å²) in [6.45, 7) is -3.19. The topological polar surface area (TPSA) is 624 Å². The minimum atomic E-state index is -2.34. The number of aliphatic hydroxyl groups is 23.